The molecule has 0 radical (unpaired) electrons. The molecule has 3 atom stereocenters. The molecule has 18 heavy (non-hydrogen) atoms. The van der Waals surface area contributed by atoms with Crippen molar-refractivity contribution in [3.05, 3.63) is 30.3 Å². The quantitative estimate of drug-likeness (QED) is 0.794. The number of hydrogen-bond donors (Lipinski definition) is 2. The number of carbonyl (C=O) groups excluding carboxylic acids is 1. The highest BCUT2D eigenvalue weighted by Crippen LogP contribution is 2.15. The van der Waals surface area contributed by atoms with Crippen LogP contribution in [0.5, 0.6) is 5.75 Å². The fraction of sp³-hybridized carbons (Fsp3) is 0.462. The number of hydrogen-bond acceptors (Lipinski definition) is 4. The van der Waals surface area contributed by atoms with E-state index in [1.807, 2.05) is 18.2 Å². The van der Waals surface area contributed by atoms with E-state index in [2.05, 4.69) is 0 Å². The largest absolute Gasteiger partial charge is 0.481 e. The Balaban J connectivity index is 1.93. The number of amides is 1. The molecule has 1 aliphatic heterocycles. The average Bonchev–Trinajstić information content (AvgIpc) is 2.70. The van der Waals surface area contributed by atoms with Gasteiger partial charge in [-0.05, 0) is 19.1 Å². The number of rotatable bonds is 3. The first-order valence-corrected chi connectivity index (χ1v) is 5.94. The lowest BCUT2D eigenvalue weighted by Gasteiger charge is -2.21. The van der Waals surface area contributed by atoms with Crippen LogP contribution in [0.3, 0.4) is 0 Å². The molecular weight excluding hydrogens is 234 g/mol. The minimum absolute atomic E-state index is 0.155. The van der Waals surface area contributed by atoms with Gasteiger partial charge in [-0.25, -0.2) is 0 Å². The van der Waals surface area contributed by atoms with Gasteiger partial charge in [0.05, 0.1) is 12.2 Å². The molecule has 1 amide bonds. The van der Waals surface area contributed by atoms with Crippen LogP contribution >= 0.6 is 0 Å². The van der Waals surface area contributed by atoms with Crippen LogP contribution in [0, 0.1) is 0 Å². The highest BCUT2D eigenvalue weighted by molar-refractivity contribution is 5.81. The minimum Gasteiger partial charge on any atom is -0.481 e. The van der Waals surface area contributed by atoms with Crippen LogP contribution in [0.2, 0.25) is 0 Å². The van der Waals surface area contributed by atoms with E-state index in [1.165, 1.54) is 4.90 Å². The van der Waals surface area contributed by atoms with E-state index in [4.69, 9.17) is 4.74 Å². The predicted octanol–water partition coefficient (Wildman–Crippen LogP) is 0.0179. The second-order valence-electron chi connectivity index (χ2n) is 4.45. The van der Waals surface area contributed by atoms with Gasteiger partial charge in [0.15, 0.2) is 6.10 Å². The molecule has 2 rings (SSSR count). The number of likely N-dealkylation sites (tertiary alicyclic amines) is 1. The van der Waals surface area contributed by atoms with Crippen LogP contribution in [0.15, 0.2) is 30.3 Å². The molecule has 0 aliphatic carbocycles. The first-order valence-electron chi connectivity index (χ1n) is 5.94. The highest BCUT2D eigenvalue weighted by atomic mass is 16.5. The molecule has 2 N–H and O–H groups in total. The Morgan fingerprint density at radius 2 is 1.83 bits per heavy atom. The Labute approximate surface area is 106 Å². The van der Waals surface area contributed by atoms with Crippen molar-refractivity contribution in [3.8, 4) is 5.75 Å². The second kappa shape index (κ2) is 5.37. The Kier molecular flexibility index (Phi) is 3.84. The van der Waals surface area contributed by atoms with Crippen molar-refractivity contribution in [2.75, 3.05) is 13.1 Å². The summed E-state index contributed by atoms with van der Waals surface area (Å²) >= 11 is 0. The molecule has 0 aromatic heterocycles. The molecular formula is C13H17NO4. The van der Waals surface area contributed by atoms with Gasteiger partial charge in [0.1, 0.15) is 5.75 Å². The molecule has 1 aliphatic rings. The van der Waals surface area contributed by atoms with Gasteiger partial charge in [-0.1, -0.05) is 18.2 Å². The Bertz CT molecular complexity index is 399. The molecule has 1 fully saturated rings. The third-order valence-electron chi connectivity index (χ3n) is 2.97. The first-order chi connectivity index (χ1) is 8.58. The summed E-state index contributed by atoms with van der Waals surface area (Å²) in [6.07, 6.45) is -2.36. The number of nitrogens with zero attached hydrogens (tertiary/aromatic N) is 1. The number of carbonyl (C=O) groups is 1. The number of ether oxygens (including phenoxy) is 1. The lowest BCUT2D eigenvalue weighted by molar-refractivity contribution is -0.137. The normalized spacial score (nSPS) is 24.9. The third kappa shape index (κ3) is 2.80. The van der Waals surface area contributed by atoms with E-state index in [1.54, 1.807) is 19.1 Å². The van der Waals surface area contributed by atoms with Crippen LogP contribution in [0.4, 0.5) is 0 Å². The summed E-state index contributed by atoms with van der Waals surface area (Å²) < 4.78 is 5.50. The number of para-hydroxylation sites is 1. The summed E-state index contributed by atoms with van der Waals surface area (Å²) in [6, 6.07) is 9.08. The molecule has 1 saturated heterocycles. The standard InChI is InChI=1S/C13H17NO4/c1-9(18-10-5-3-2-4-6-10)13(17)14-7-11(15)12(16)8-14/h2-6,9,11-12,15-16H,7-8H2,1H3/t9?,11-,12+. The highest BCUT2D eigenvalue weighted by Gasteiger charge is 2.34. The maximum Gasteiger partial charge on any atom is 0.263 e. The van der Waals surface area contributed by atoms with E-state index >= 15 is 0 Å². The van der Waals surface area contributed by atoms with Gasteiger partial charge in [-0.3, -0.25) is 4.79 Å². The lowest BCUT2D eigenvalue weighted by atomic mass is 10.3. The summed E-state index contributed by atoms with van der Waals surface area (Å²) in [6.45, 7) is 1.97. The average molecular weight is 251 g/mol. The van der Waals surface area contributed by atoms with E-state index < -0.39 is 18.3 Å². The number of benzene rings is 1. The zero-order valence-corrected chi connectivity index (χ0v) is 10.2. The van der Waals surface area contributed by atoms with Gasteiger partial charge >= 0.3 is 0 Å². The number of aliphatic hydroxyl groups is 2. The Hall–Kier alpha value is -1.59. The van der Waals surface area contributed by atoms with Gasteiger partial charge in [-0.2, -0.15) is 0 Å². The SMILES string of the molecule is CC(Oc1ccccc1)C(=O)N1C[C@@H](O)[C@@H](O)C1. The number of aliphatic hydroxyl groups excluding tert-OH is 2. The molecule has 0 bridgehead atoms. The minimum atomic E-state index is -0.863. The van der Waals surface area contributed by atoms with Gasteiger partial charge < -0.3 is 19.8 Å². The third-order valence-corrected chi connectivity index (χ3v) is 2.97. The summed E-state index contributed by atoms with van der Waals surface area (Å²) in [5.74, 6) is 0.396. The van der Waals surface area contributed by atoms with Gasteiger partial charge in [0, 0.05) is 13.1 Å². The van der Waals surface area contributed by atoms with Gasteiger partial charge in [-0.15, -0.1) is 0 Å². The summed E-state index contributed by atoms with van der Waals surface area (Å²) in [5, 5.41) is 18.8. The maximum atomic E-state index is 12.0. The predicted molar refractivity (Wildman–Crippen MR) is 65.1 cm³/mol. The van der Waals surface area contributed by atoms with Gasteiger partial charge in [0.2, 0.25) is 0 Å². The Morgan fingerprint density at radius 3 is 2.39 bits per heavy atom. The summed E-state index contributed by atoms with van der Waals surface area (Å²) in [5.41, 5.74) is 0. The molecule has 1 unspecified atom stereocenters. The maximum absolute atomic E-state index is 12.0. The van der Waals surface area contributed by atoms with Crippen molar-refractivity contribution >= 4 is 5.91 Å². The first kappa shape index (κ1) is 12.9. The van der Waals surface area contributed by atoms with Crippen molar-refractivity contribution in [1.29, 1.82) is 0 Å². The Morgan fingerprint density at radius 1 is 1.28 bits per heavy atom. The topological polar surface area (TPSA) is 70.0 Å². The molecule has 1 aromatic carbocycles. The second-order valence-corrected chi connectivity index (χ2v) is 4.45. The van der Waals surface area contributed by atoms with E-state index in [-0.39, 0.29) is 19.0 Å². The lowest BCUT2D eigenvalue weighted by Crippen LogP contribution is -2.39. The van der Waals surface area contributed by atoms with Crippen LogP contribution in [0.25, 0.3) is 0 Å². The zero-order chi connectivity index (χ0) is 13.1. The summed E-state index contributed by atoms with van der Waals surface area (Å²) in [4.78, 5) is 13.4. The summed E-state index contributed by atoms with van der Waals surface area (Å²) in [7, 11) is 0. The molecule has 0 spiro atoms. The molecule has 1 heterocycles. The smallest absolute Gasteiger partial charge is 0.263 e. The zero-order valence-electron chi connectivity index (χ0n) is 10.2. The number of β-amino-alcohol motifs (C(OH)–C–C–N with tert-alkyl or cyclic N) is 2. The van der Waals surface area contributed by atoms with Crippen molar-refractivity contribution in [1.82, 2.24) is 4.90 Å². The van der Waals surface area contributed by atoms with Crippen molar-refractivity contribution in [2.24, 2.45) is 0 Å². The van der Waals surface area contributed by atoms with Crippen LogP contribution in [0.1, 0.15) is 6.92 Å². The molecule has 98 valence electrons. The van der Waals surface area contributed by atoms with Crippen molar-refractivity contribution in [3.63, 3.8) is 0 Å². The fourth-order valence-electron chi connectivity index (χ4n) is 1.96. The molecule has 5 heteroatoms. The van der Waals surface area contributed by atoms with E-state index in [0.717, 1.165) is 0 Å². The van der Waals surface area contributed by atoms with Crippen molar-refractivity contribution in [2.45, 2.75) is 25.2 Å². The van der Waals surface area contributed by atoms with Crippen LogP contribution in [-0.4, -0.2) is 52.4 Å². The van der Waals surface area contributed by atoms with Crippen molar-refractivity contribution < 1.29 is 19.7 Å². The van der Waals surface area contributed by atoms with Gasteiger partial charge in [0.25, 0.3) is 5.91 Å². The van der Waals surface area contributed by atoms with Crippen LogP contribution < -0.4 is 4.74 Å². The monoisotopic (exact) mass is 251 g/mol. The van der Waals surface area contributed by atoms with E-state index in [9.17, 15) is 15.0 Å². The van der Waals surface area contributed by atoms with E-state index in [0.29, 0.717) is 5.75 Å². The molecule has 0 saturated carbocycles. The molecule has 5 nitrogen and oxygen atoms in total. The fourth-order valence-corrected chi connectivity index (χ4v) is 1.96. The molecule has 1 aromatic rings. The van der Waals surface area contributed by atoms with Crippen LogP contribution in [-0.2, 0) is 4.79 Å².